The molecule has 0 N–H and O–H groups in total. The zero-order chi connectivity index (χ0) is 4.57. The summed E-state index contributed by atoms with van der Waals surface area (Å²) in [5.41, 5.74) is 0. The van der Waals surface area contributed by atoms with Crippen LogP contribution < -0.4 is 0 Å². The molecule has 0 aromatic rings. The third-order valence-corrected chi connectivity index (χ3v) is 3.50. The van der Waals surface area contributed by atoms with Crippen LogP contribution in [-0.2, 0) is 0 Å². The lowest BCUT2D eigenvalue weighted by molar-refractivity contribution is 0.694. The van der Waals surface area contributed by atoms with Crippen molar-refractivity contribution >= 4 is 24.4 Å². The fourth-order valence-corrected chi connectivity index (χ4v) is 1.64. The van der Waals surface area contributed by atoms with Crippen molar-refractivity contribution in [2.75, 3.05) is 5.75 Å². The summed E-state index contributed by atoms with van der Waals surface area (Å²) in [6, 6.07) is 0. The van der Waals surface area contributed by atoms with Crippen LogP contribution in [0.1, 0.15) is 6.92 Å². The summed E-state index contributed by atoms with van der Waals surface area (Å²) in [7, 11) is 0. The Morgan fingerprint density at radius 2 is 2.33 bits per heavy atom. The minimum absolute atomic E-state index is 0.644. The highest BCUT2D eigenvalue weighted by atomic mass is 32.2. The van der Waals surface area contributed by atoms with Crippen molar-refractivity contribution in [3.8, 4) is 0 Å². The molecule has 0 amide bonds. The molecule has 0 radical (unpaired) electrons. The van der Waals surface area contributed by atoms with E-state index in [9.17, 15) is 0 Å². The minimum Gasteiger partial charge on any atom is -0.165 e. The fraction of sp³-hybridized carbons (Fsp3) is 1.00. The molecule has 0 nitrogen and oxygen atoms in total. The minimum atomic E-state index is 0.644. The summed E-state index contributed by atoms with van der Waals surface area (Å²) in [6.45, 7) is 2.23. The van der Waals surface area contributed by atoms with Gasteiger partial charge in [-0.15, -0.1) is 11.8 Å². The van der Waals surface area contributed by atoms with Gasteiger partial charge in [0, 0.05) is 0 Å². The number of thioether (sulfide) groups is 1. The number of rotatable bonds is 0. The van der Waals surface area contributed by atoms with Crippen molar-refractivity contribution in [1.82, 2.24) is 0 Å². The van der Waals surface area contributed by atoms with E-state index in [0.717, 1.165) is 5.92 Å². The van der Waals surface area contributed by atoms with Gasteiger partial charge in [0.1, 0.15) is 0 Å². The molecule has 1 aliphatic rings. The zero-order valence-electron chi connectivity index (χ0n) is 3.72. The molecule has 6 heavy (non-hydrogen) atoms. The maximum atomic E-state index is 4.24. The lowest BCUT2D eigenvalue weighted by Gasteiger charge is -2.28. The van der Waals surface area contributed by atoms with Gasteiger partial charge in [-0.3, -0.25) is 0 Å². The summed E-state index contributed by atoms with van der Waals surface area (Å²) in [6.07, 6.45) is 0. The smallest absolute Gasteiger partial charge is 0.0505 e. The third-order valence-electron chi connectivity index (χ3n) is 1.02. The Bertz CT molecular complexity index is 45.5. The topological polar surface area (TPSA) is 0 Å². The Balaban J connectivity index is 2.20. The zero-order valence-corrected chi connectivity index (χ0v) is 5.43. The highest BCUT2D eigenvalue weighted by Crippen LogP contribution is 2.36. The van der Waals surface area contributed by atoms with Crippen LogP contribution in [0.25, 0.3) is 0 Å². The molecular weight excluding hydrogens is 112 g/mol. The van der Waals surface area contributed by atoms with Gasteiger partial charge in [0.15, 0.2) is 0 Å². The monoisotopic (exact) mass is 120 g/mol. The molecule has 0 aromatic carbocycles. The van der Waals surface area contributed by atoms with Gasteiger partial charge in [0.25, 0.3) is 0 Å². The Kier molecular flexibility index (Phi) is 1.34. The second kappa shape index (κ2) is 1.66. The van der Waals surface area contributed by atoms with Gasteiger partial charge >= 0.3 is 0 Å². The van der Waals surface area contributed by atoms with E-state index in [0.29, 0.717) is 4.58 Å². The standard InChI is InChI=1S/C4H8S2/c1-3-2-6-4(3)5/h3-5H,2H2,1H3. The van der Waals surface area contributed by atoms with E-state index in [4.69, 9.17) is 0 Å². The van der Waals surface area contributed by atoms with Gasteiger partial charge < -0.3 is 0 Å². The van der Waals surface area contributed by atoms with E-state index in [2.05, 4.69) is 19.6 Å². The van der Waals surface area contributed by atoms with Crippen LogP contribution in [0, 0.1) is 5.92 Å². The maximum absolute atomic E-state index is 4.24. The summed E-state index contributed by atoms with van der Waals surface area (Å²) in [4.78, 5) is 0. The molecule has 1 heterocycles. The molecule has 2 unspecified atom stereocenters. The van der Waals surface area contributed by atoms with E-state index >= 15 is 0 Å². The first-order chi connectivity index (χ1) is 2.80. The Labute approximate surface area is 48.1 Å². The Morgan fingerprint density at radius 1 is 1.83 bits per heavy atom. The van der Waals surface area contributed by atoms with Crippen LogP contribution in [-0.4, -0.2) is 10.3 Å². The Hall–Kier alpha value is 0.700. The fourth-order valence-electron chi connectivity index (χ4n) is 0.375. The van der Waals surface area contributed by atoms with E-state index in [1.54, 1.807) is 0 Å². The second-order valence-corrected chi connectivity index (χ2v) is 3.78. The normalized spacial score (nSPS) is 45.0. The third kappa shape index (κ3) is 0.684. The van der Waals surface area contributed by atoms with Gasteiger partial charge in [0.05, 0.1) is 4.58 Å². The SMILES string of the molecule is CC1CSC1S. The summed E-state index contributed by atoms with van der Waals surface area (Å²) in [5.74, 6) is 2.17. The van der Waals surface area contributed by atoms with Crippen LogP contribution >= 0.6 is 24.4 Å². The molecule has 1 saturated heterocycles. The molecule has 1 rings (SSSR count). The van der Waals surface area contributed by atoms with E-state index in [1.165, 1.54) is 5.75 Å². The van der Waals surface area contributed by atoms with Gasteiger partial charge in [-0.05, 0) is 11.7 Å². The maximum Gasteiger partial charge on any atom is 0.0505 e. The van der Waals surface area contributed by atoms with Crippen LogP contribution in [0.15, 0.2) is 0 Å². The van der Waals surface area contributed by atoms with Crippen LogP contribution in [0.3, 0.4) is 0 Å². The van der Waals surface area contributed by atoms with E-state index in [1.807, 2.05) is 11.8 Å². The molecule has 36 valence electrons. The second-order valence-electron chi connectivity index (χ2n) is 1.70. The predicted molar refractivity (Wildman–Crippen MR) is 34.4 cm³/mol. The molecule has 0 saturated carbocycles. The van der Waals surface area contributed by atoms with Crippen LogP contribution in [0.4, 0.5) is 0 Å². The average molecular weight is 120 g/mol. The van der Waals surface area contributed by atoms with Gasteiger partial charge in [-0.2, -0.15) is 12.6 Å². The van der Waals surface area contributed by atoms with Crippen molar-refractivity contribution < 1.29 is 0 Å². The molecule has 1 aliphatic heterocycles. The first kappa shape index (κ1) is 4.85. The number of thiol groups is 1. The van der Waals surface area contributed by atoms with Crippen LogP contribution in [0.2, 0.25) is 0 Å². The van der Waals surface area contributed by atoms with Crippen molar-refractivity contribution in [2.24, 2.45) is 5.92 Å². The lowest BCUT2D eigenvalue weighted by atomic mass is 10.2. The number of hydrogen-bond acceptors (Lipinski definition) is 2. The first-order valence-corrected chi connectivity index (χ1v) is 3.67. The van der Waals surface area contributed by atoms with Gasteiger partial charge in [-0.1, -0.05) is 6.92 Å². The van der Waals surface area contributed by atoms with E-state index in [-0.39, 0.29) is 0 Å². The quantitative estimate of drug-likeness (QED) is 0.474. The van der Waals surface area contributed by atoms with E-state index < -0.39 is 0 Å². The number of hydrogen-bond donors (Lipinski definition) is 1. The molecule has 0 aromatic heterocycles. The highest BCUT2D eigenvalue weighted by molar-refractivity contribution is 8.11. The highest BCUT2D eigenvalue weighted by Gasteiger charge is 2.22. The lowest BCUT2D eigenvalue weighted by Crippen LogP contribution is -2.21. The summed E-state index contributed by atoms with van der Waals surface area (Å²) >= 11 is 6.18. The molecule has 0 bridgehead atoms. The average Bonchev–Trinajstić information content (AvgIpc) is 1.61. The van der Waals surface area contributed by atoms with Gasteiger partial charge in [-0.25, -0.2) is 0 Å². The largest absolute Gasteiger partial charge is 0.165 e. The molecule has 1 fully saturated rings. The predicted octanol–water partition coefficient (Wildman–Crippen LogP) is 1.63. The van der Waals surface area contributed by atoms with Crippen molar-refractivity contribution in [1.29, 1.82) is 0 Å². The molecule has 0 aliphatic carbocycles. The summed E-state index contributed by atoms with van der Waals surface area (Å²) < 4.78 is 0.644. The van der Waals surface area contributed by atoms with Crippen LogP contribution in [0.5, 0.6) is 0 Å². The van der Waals surface area contributed by atoms with Crippen molar-refractivity contribution in [3.63, 3.8) is 0 Å². The molecule has 2 heteroatoms. The Morgan fingerprint density at radius 3 is 2.33 bits per heavy atom. The first-order valence-electron chi connectivity index (χ1n) is 2.10. The van der Waals surface area contributed by atoms with Gasteiger partial charge in [0.2, 0.25) is 0 Å². The van der Waals surface area contributed by atoms with Crippen molar-refractivity contribution in [2.45, 2.75) is 11.5 Å². The van der Waals surface area contributed by atoms with Crippen molar-refractivity contribution in [3.05, 3.63) is 0 Å². The molecule has 2 atom stereocenters. The summed E-state index contributed by atoms with van der Waals surface area (Å²) in [5, 5.41) is 0. The molecular formula is C4H8S2. The molecule has 0 spiro atoms.